The van der Waals surface area contributed by atoms with Crippen LogP contribution in [0.3, 0.4) is 0 Å². The molecular weight excluding hydrogens is 260 g/mol. The molecule has 20 heavy (non-hydrogen) atoms. The third kappa shape index (κ3) is 2.25. The lowest BCUT2D eigenvalue weighted by Crippen LogP contribution is -2.26. The van der Waals surface area contributed by atoms with Crippen molar-refractivity contribution in [3.8, 4) is 0 Å². The van der Waals surface area contributed by atoms with Gasteiger partial charge in [-0.25, -0.2) is 0 Å². The summed E-state index contributed by atoms with van der Waals surface area (Å²) in [6.07, 6.45) is 0. The van der Waals surface area contributed by atoms with Crippen LogP contribution in [0.2, 0.25) is 0 Å². The molecule has 0 amide bonds. The van der Waals surface area contributed by atoms with Crippen LogP contribution in [0.15, 0.2) is 91.0 Å². The molecule has 0 saturated heterocycles. The average Bonchev–Trinajstić information content (AvgIpc) is 2.56. The predicted molar refractivity (Wildman–Crippen MR) is 86.6 cm³/mol. The molecular formula is C19H15S-. The molecule has 3 aromatic carbocycles. The molecule has 0 aliphatic heterocycles. The van der Waals surface area contributed by atoms with Crippen LogP contribution < -0.4 is 0 Å². The standard InChI is InChI=1S/C19H16S/c20-19(16-10-4-1-5-11-16,17-12-6-2-7-13-17)18-14-8-3-9-15-18/h1-15,20H/p-1. The maximum atomic E-state index is 6.10. The van der Waals surface area contributed by atoms with E-state index in [9.17, 15) is 0 Å². The van der Waals surface area contributed by atoms with E-state index in [0.717, 1.165) is 16.7 Å². The van der Waals surface area contributed by atoms with Crippen LogP contribution in [0.1, 0.15) is 16.7 Å². The summed E-state index contributed by atoms with van der Waals surface area (Å²) in [4.78, 5) is 0. The van der Waals surface area contributed by atoms with E-state index in [2.05, 4.69) is 36.4 Å². The first-order valence-corrected chi connectivity index (χ1v) is 7.09. The molecule has 0 atom stereocenters. The lowest BCUT2D eigenvalue weighted by atomic mass is 9.84. The Balaban J connectivity index is 2.24. The summed E-state index contributed by atoms with van der Waals surface area (Å²) in [5.74, 6) is 0. The second kappa shape index (κ2) is 5.56. The summed E-state index contributed by atoms with van der Waals surface area (Å²) in [5.41, 5.74) is 3.40. The zero-order chi connectivity index (χ0) is 13.8. The minimum Gasteiger partial charge on any atom is -0.772 e. The van der Waals surface area contributed by atoms with Crippen LogP contribution in [-0.4, -0.2) is 0 Å². The Morgan fingerprint density at radius 3 is 0.950 bits per heavy atom. The predicted octanol–water partition coefficient (Wildman–Crippen LogP) is 4.53. The van der Waals surface area contributed by atoms with Gasteiger partial charge in [-0.3, -0.25) is 0 Å². The van der Waals surface area contributed by atoms with E-state index >= 15 is 0 Å². The molecule has 0 spiro atoms. The minimum atomic E-state index is -0.538. The van der Waals surface area contributed by atoms with Crippen molar-refractivity contribution in [3.05, 3.63) is 108 Å². The second-order valence-electron chi connectivity index (χ2n) is 4.78. The highest BCUT2D eigenvalue weighted by molar-refractivity contribution is 7.60. The lowest BCUT2D eigenvalue weighted by Gasteiger charge is -2.43. The van der Waals surface area contributed by atoms with Gasteiger partial charge >= 0.3 is 0 Å². The Labute approximate surface area is 125 Å². The van der Waals surface area contributed by atoms with Gasteiger partial charge in [0.05, 0.1) is 0 Å². The van der Waals surface area contributed by atoms with Crippen LogP contribution >= 0.6 is 0 Å². The maximum absolute atomic E-state index is 6.10. The van der Waals surface area contributed by atoms with Crippen LogP contribution in [0.4, 0.5) is 0 Å². The van der Waals surface area contributed by atoms with Gasteiger partial charge in [-0.1, -0.05) is 112 Å². The molecule has 0 unspecified atom stereocenters. The van der Waals surface area contributed by atoms with Gasteiger partial charge in [-0.05, 0) is 0 Å². The molecule has 1 heteroatoms. The van der Waals surface area contributed by atoms with Crippen molar-refractivity contribution in [3.63, 3.8) is 0 Å². The Hall–Kier alpha value is -1.99. The summed E-state index contributed by atoms with van der Waals surface area (Å²) in [6, 6.07) is 31.0. The van der Waals surface area contributed by atoms with E-state index < -0.39 is 4.75 Å². The van der Waals surface area contributed by atoms with E-state index in [1.165, 1.54) is 0 Å². The third-order valence-electron chi connectivity index (χ3n) is 3.54. The first-order chi connectivity index (χ1) is 9.82. The van der Waals surface area contributed by atoms with E-state index in [4.69, 9.17) is 12.6 Å². The monoisotopic (exact) mass is 275 g/mol. The van der Waals surface area contributed by atoms with Gasteiger partial charge in [-0.15, -0.1) is 0 Å². The van der Waals surface area contributed by atoms with Crippen molar-refractivity contribution in [2.45, 2.75) is 4.75 Å². The van der Waals surface area contributed by atoms with Crippen LogP contribution in [0, 0.1) is 0 Å². The molecule has 0 aliphatic rings. The normalized spacial score (nSPS) is 11.2. The molecule has 3 aromatic rings. The number of benzene rings is 3. The molecule has 0 nitrogen and oxygen atoms in total. The van der Waals surface area contributed by atoms with Crippen molar-refractivity contribution in [2.75, 3.05) is 0 Å². The molecule has 98 valence electrons. The molecule has 0 fully saturated rings. The number of hydrogen-bond acceptors (Lipinski definition) is 1. The summed E-state index contributed by atoms with van der Waals surface area (Å²) < 4.78 is -0.538. The second-order valence-corrected chi connectivity index (χ2v) is 5.39. The summed E-state index contributed by atoms with van der Waals surface area (Å²) in [6.45, 7) is 0. The van der Waals surface area contributed by atoms with Crippen molar-refractivity contribution >= 4 is 12.6 Å². The fourth-order valence-electron chi connectivity index (χ4n) is 2.52. The molecule has 0 N–H and O–H groups in total. The van der Waals surface area contributed by atoms with Gasteiger partial charge in [-0.2, -0.15) is 0 Å². The summed E-state index contributed by atoms with van der Waals surface area (Å²) in [5, 5.41) is 0. The lowest BCUT2D eigenvalue weighted by molar-refractivity contribution is 0.902. The maximum Gasteiger partial charge on any atom is -0.0572 e. The number of hydrogen-bond donors (Lipinski definition) is 0. The zero-order valence-corrected chi connectivity index (χ0v) is 11.9. The van der Waals surface area contributed by atoms with E-state index in [1.54, 1.807) is 0 Å². The Morgan fingerprint density at radius 2 is 0.700 bits per heavy atom. The van der Waals surface area contributed by atoms with Gasteiger partial charge in [0.15, 0.2) is 0 Å². The smallest absolute Gasteiger partial charge is 0.0572 e. The molecule has 0 radical (unpaired) electrons. The molecule has 0 aliphatic carbocycles. The third-order valence-corrected chi connectivity index (χ3v) is 4.25. The zero-order valence-electron chi connectivity index (χ0n) is 11.1. The van der Waals surface area contributed by atoms with E-state index in [1.807, 2.05) is 54.6 Å². The highest BCUT2D eigenvalue weighted by atomic mass is 32.1. The van der Waals surface area contributed by atoms with Gasteiger partial charge in [0.1, 0.15) is 0 Å². The van der Waals surface area contributed by atoms with Gasteiger partial charge in [0.25, 0.3) is 0 Å². The first-order valence-electron chi connectivity index (χ1n) is 6.69. The van der Waals surface area contributed by atoms with Crippen molar-refractivity contribution in [2.24, 2.45) is 0 Å². The van der Waals surface area contributed by atoms with Crippen molar-refractivity contribution in [1.82, 2.24) is 0 Å². The van der Waals surface area contributed by atoms with Gasteiger partial charge in [0.2, 0.25) is 0 Å². The molecule has 0 heterocycles. The van der Waals surface area contributed by atoms with Gasteiger partial charge in [0, 0.05) is 0 Å². The quantitative estimate of drug-likeness (QED) is 0.500. The largest absolute Gasteiger partial charge is 0.772 e. The van der Waals surface area contributed by atoms with Crippen LogP contribution in [0.25, 0.3) is 0 Å². The minimum absolute atomic E-state index is 0.538. The van der Waals surface area contributed by atoms with Crippen LogP contribution in [-0.2, 0) is 17.4 Å². The van der Waals surface area contributed by atoms with Crippen LogP contribution in [0.5, 0.6) is 0 Å². The fourth-order valence-corrected chi connectivity index (χ4v) is 2.93. The van der Waals surface area contributed by atoms with E-state index in [0.29, 0.717) is 0 Å². The van der Waals surface area contributed by atoms with Crippen molar-refractivity contribution in [1.29, 1.82) is 0 Å². The molecule has 0 bridgehead atoms. The first kappa shape index (κ1) is 13.0. The number of rotatable bonds is 3. The topological polar surface area (TPSA) is 0 Å². The fraction of sp³-hybridized carbons (Fsp3) is 0.0526. The van der Waals surface area contributed by atoms with Crippen molar-refractivity contribution < 1.29 is 0 Å². The summed E-state index contributed by atoms with van der Waals surface area (Å²) >= 11 is 6.10. The highest BCUT2D eigenvalue weighted by Gasteiger charge is 2.21. The Morgan fingerprint density at radius 1 is 0.450 bits per heavy atom. The SMILES string of the molecule is [S-]C(c1ccccc1)(c1ccccc1)c1ccccc1. The summed E-state index contributed by atoms with van der Waals surface area (Å²) in [7, 11) is 0. The molecule has 0 saturated carbocycles. The molecule has 3 rings (SSSR count). The van der Waals surface area contributed by atoms with E-state index in [-0.39, 0.29) is 0 Å². The average molecular weight is 275 g/mol. The molecule has 0 aromatic heterocycles. The highest BCUT2D eigenvalue weighted by Crippen LogP contribution is 2.37. The Bertz CT molecular complexity index is 563. The van der Waals surface area contributed by atoms with Gasteiger partial charge < -0.3 is 12.6 Å². The Kier molecular flexibility index (Phi) is 3.62.